The lowest BCUT2D eigenvalue weighted by atomic mass is 10.0. The molecule has 21 heavy (non-hydrogen) atoms. The number of hydrogen-bond donors (Lipinski definition) is 2. The fraction of sp³-hybridized carbons (Fsp3) is 0.769. The van der Waals surface area contributed by atoms with Crippen LogP contribution in [0.4, 0.5) is 0 Å². The Labute approximate surface area is 142 Å². The fourth-order valence-corrected chi connectivity index (χ4v) is 2.14. The van der Waals surface area contributed by atoms with Crippen molar-refractivity contribution in [2.24, 2.45) is 4.99 Å². The van der Waals surface area contributed by atoms with Gasteiger partial charge >= 0.3 is 0 Å². The number of hydrogen-bond acceptors (Lipinski definition) is 5. The van der Waals surface area contributed by atoms with Crippen molar-refractivity contribution in [3.63, 3.8) is 0 Å². The Morgan fingerprint density at radius 2 is 2.24 bits per heavy atom. The Morgan fingerprint density at radius 1 is 1.43 bits per heavy atom. The summed E-state index contributed by atoms with van der Waals surface area (Å²) in [5.74, 6) is 1.88. The fourth-order valence-electron chi connectivity index (χ4n) is 2.14. The van der Waals surface area contributed by atoms with E-state index in [-0.39, 0.29) is 29.6 Å². The predicted octanol–water partition coefficient (Wildman–Crippen LogP) is 1.62. The molecule has 0 aromatic carbocycles. The molecule has 120 valence electrons. The van der Waals surface area contributed by atoms with Gasteiger partial charge in [-0.3, -0.25) is 0 Å². The molecule has 0 spiro atoms. The molecule has 1 aromatic rings. The molecule has 1 aliphatic rings. The van der Waals surface area contributed by atoms with Gasteiger partial charge in [0, 0.05) is 19.7 Å². The number of nitrogens with zero attached hydrogens (tertiary/aromatic N) is 3. The van der Waals surface area contributed by atoms with Crippen LogP contribution in [-0.4, -0.2) is 41.4 Å². The maximum atomic E-state index is 5.75. The van der Waals surface area contributed by atoms with Crippen LogP contribution in [0.5, 0.6) is 0 Å². The number of rotatable bonds is 5. The number of ether oxygens (including phenoxy) is 1. The Balaban J connectivity index is 0.00000220. The zero-order valence-corrected chi connectivity index (χ0v) is 15.1. The summed E-state index contributed by atoms with van der Waals surface area (Å²) >= 11 is 0. The summed E-state index contributed by atoms with van der Waals surface area (Å²) in [7, 11) is 0. The van der Waals surface area contributed by atoms with Gasteiger partial charge in [0.25, 0.3) is 0 Å². The first-order valence-corrected chi connectivity index (χ1v) is 7.07. The van der Waals surface area contributed by atoms with Crippen molar-refractivity contribution in [2.75, 3.05) is 19.7 Å². The van der Waals surface area contributed by atoms with Crippen LogP contribution < -0.4 is 10.6 Å². The summed E-state index contributed by atoms with van der Waals surface area (Å²) in [5.41, 5.74) is -0.0999. The number of aryl methyl sites for hydroxylation is 1. The van der Waals surface area contributed by atoms with Crippen LogP contribution in [0.25, 0.3) is 0 Å². The predicted molar refractivity (Wildman–Crippen MR) is 90.9 cm³/mol. The van der Waals surface area contributed by atoms with Gasteiger partial charge in [-0.05, 0) is 33.6 Å². The molecular formula is C13H24IN5O2. The van der Waals surface area contributed by atoms with Crippen LogP contribution in [0.2, 0.25) is 0 Å². The van der Waals surface area contributed by atoms with Gasteiger partial charge in [-0.25, -0.2) is 4.99 Å². The second-order valence-corrected chi connectivity index (χ2v) is 5.19. The van der Waals surface area contributed by atoms with Crippen LogP contribution in [0.15, 0.2) is 9.52 Å². The Kier molecular flexibility index (Phi) is 7.36. The van der Waals surface area contributed by atoms with Crippen molar-refractivity contribution in [3.8, 4) is 0 Å². The second kappa shape index (κ2) is 8.52. The second-order valence-electron chi connectivity index (χ2n) is 5.19. The van der Waals surface area contributed by atoms with E-state index < -0.39 is 0 Å². The minimum absolute atomic E-state index is 0. The van der Waals surface area contributed by atoms with Crippen LogP contribution in [0.3, 0.4) is 0 Å². The molecule has 0 saturated carbocycles. The SMILES string of the molecule is CCNC(=NCc1nc(C)no1)NCC1(C)CCCO1.I. The van der Waals surface area contributed by atoms with E-state index in [0.717, 1.165) is 38.5 Å². The Morgan fingerprint density at radius 3 is 2.81 bits per heavy atom. The van der Waals surface area contributed by atoms with E-state index >= 15 is 0 Å². The molecule has 0 aliphatic carbocycles. The molecule has 0 radical (unpaired) electrons. The lowest BCUT2D eigenvalue weighted by Gasteiger charge is -2.24. The van der Waals surface area contributed by atoms with Crippen molar-refractivity contribution < 1.29 is 9.26 Å². The van der Waals surface area contributed by atoms with Crippen molar-refractivity contribution in [3.05, 3.63) is 11.7 Å². The van der Waals surface area contributed by atoms with Crippen LogP contribution in [-0.2, 0) is 11.3 Å². The number of halogens is 1. The zero-order valence-electron chi connectivity index (χ0n) is 12.8. The van der Waals surface area contributed by atoms with Gasteiger partial charge in [0.15, 0.2) is 11.8 Å². The largest absolute Gasteiger partial charge is 0.373 e. The number of guanidine groups is 1. The van der Waals surface area contributed by atoms with Gasteiger partial charge in [-0.1, -0.05) is 5.16 Å². The van der Waals surface area contributed by atoms with Crippen molar-refractivity contribution in [1.29, 1.82) is 0 Å². The number of aliphatic imine (C=N–C) groups is 1. The van der Waals surface area contributed by atoms with E-state index in [2.05, 4.69) is 32.7 Å². The quantitative estimate of drug-likeness (QED) is 0.437. The third-order valence-corrected chi connectivity index (χ3v) is 3.22. The van der Waals surface area contributed by atoms with E-state index in [9.17, 15) is 0 Å². The summed E-state index contributed by atoms with van der Waals surface area (Å²) in [5, 5.41) is 10.2. The van der Waals surface area contributed by atoms with Crippen molar-refractivity contribution in [1.82, 2.24) is 20.8 Å². The third kappa shape index (κ3) is 5.77. The first kappa shape index (κ1) is 18.1. The molecular weight excluding hydrogens is 385 g/mol. The van der Waals surface area contributed by atoms with E-state index in [1.165, 1.54) is 0 Å². The van der Waals surface area contributed by atoms with Crippen LogP contribution >= 0.6 is 24.0 Å². The van der Waals surface area contributed by atoms with Crippen LogP contribution in [0, 0.1) is 6.92 Å². The molecule has 1 fully saturated rings. The van der Waals surface area contributed by atoms with Gasteiger partial charge in [0.2, 0.25) is 5.89 Å². The Hall–Kier alpha value is -0.900. The summed E-state index contributed by atoms with van der Waals surface area (Å²) in [6.45, 7) is 8.69. The summed E-state index contributed by atoms with van der Waals surface area (Å²) < 4.78 is 10.8. The topological polar surface area (TPSA) is 84.6 Å². The molecule has 1 aromatic heterocycles. The van der Waals surface area contributed by atoms with Gasteiger partial charge in [-0.2, -0.15) is 4.98 Å². The molecule has 2 N–H and O–H groups in total. The van der Waals surface area contributed by atoms with Crippen molar-refractivity contribution >= 4 is 29.9 Å². The molecule has 8 heteroatoms. The van der Waals surface area contributed by atoms with Gasteiger partial charge < -0.3 is 19.9 Å². The molecule has 1 atom stereocenters. The van der Waals surface area contributed by atoms with Crippen molar-refractivity contribution in [2.45, 2.75) is 45.8 Å². The smallest absolute Gasteiger partial charge is 0.248 e. The van der Waals surface area contributed by atoms with E-state index in [0.29, 0.717) is 18.3 Å². The molecule has 2 heterocycles. The minimum atomic E-state index is -0.0999. The summed E-state index contributed by atoms with van der Waals surface area (Å²) in [6, 6.07) is 0. The highest BCUT2D eigenvalue weighted by atomic mass is 127. The number of aromatic nitrogens is 2. The van der Waals surface area contributed by atoms with Gasteiger partial charge in [-0.15, -0.1) is 24.0 Å². The lowest BCUT2D eigenvalue weighted by molar-refractivity contribution is 0.0243. The maximum Gasteiger partial charge on any atom is 0.248 e. The molecule has 0 bridgehead atoms. The first-order valence-electron chi connectivity index (χ1n) is 7.07. The highest BCUT2D eigenvalue weighted by molar-refractivity contribution is 14.0. The van der Waals surface area contributed by atoms with E-state index in [4.69, 9.17) is 9.26 Å². The van der Waals surface area contributed by atoms with Gasteiger partial charge in [0.1, 0.15) is 6.54 Å². The zero-order chi connectivity index (χ0) is 14.4. The highest BCUT2D eigenvalue weighted by Gasteiger charge is 2.29. The average molecular weight is 409 g/mol. The highest BCUT2D eigenvalue weighted by Crippen LogP contribution is 2.23. The molecule has 1 saturated heterocycles. The molecule has 7 nitrogen and oxygen atoms in total. The Bertz CT molecular complexity index is 457. The molecule has 1 unspecified atom stereocenters. The van der Waals surface area contributed by atoms with Crippen LogP contribution in [0.1, 0.15) is 38.4 Å². The third-order valence-electron chi connectivity index (χ3n) is 3.22. The standard InChI is InChI=1S/C13H23N5O2.HI/c1-4-14-12(15-8-11-17-10(2)18-20-11)16-9-13(3)6-5-7-19-13;/h4-9H2,1-3H3,(H2,14,15,16);1H. The molecule has 0 amide bonds. The maximum absolute atomic E-state index is 5.75. The minimum Gasteiger partial charge on any atom is -0.373 e. The first-order chi connectivity index (χ1) is 9.61. The number of nitrogens with one attached hydrogen (secondary N) is 2. The average Bonchev–Trinajstić information content (AvgIpc) is 3.03. The van der Waals surface area contributed by atoms with Gasteiger partial charge in [0.05, 0.1) is 5.60 Å². The van der Waals surface area contributed by atoms with E-state index in [1.54, 1.807) is 6.92 Å². The summed E-state index contributed by atoms with van der Waals surface area (Å²) in [4.78, 5) is 8.56. The molecule has 1 aliphatic heterocycles. The normalized spacial score (nSPS) is 22.0. The molecule has 2 rings (SSSR count). The lowest BCUT2D eigenvalue weighted by Crippen LogP contribution is -2.45. The monoisotopic (exact) mass is 409 g/mol. The van der Waals surface area contributed by atoms with E-state index in [1.807, 2.05) is 6.92 Å². The summed E-state index contributed by atoms with van der Waals surface area (Å²) in [6.07, 6.45) is 2.19.